The Morgan fingerprint density at radius 1 is 1.05 bits per heavy atom. The zero-order chi connectivity index (χ0) is 29.0. The predicted octanol–water partition coefficient (Wildman–Crippen LogP) is 6.65. The third-order valence-corrected chi connectivity index (χ3v) is 7.08. The van der Waals surface area contributed by atoms with Crippen LogP contribution < -0.4 is 0 Å². The Balaban J connectivity index is 3.53. The fourth-order valence-electron chi connectivity index (χ4n) is 4.60. The molecule has 0 heterocycles. The summed E-state index contributed by atoms with van der Waals surface area (Å²) in [4.78, 5) is 25.5. The largest absolute Gasteiger partial charge is 0.469 e. The molecule has 0 aromatic heterocycles. The molecule has 0 fully saturated rings. The summed E-state index contributed by atoms with van der Waals surface area (Å²) in [5.41, 5.74) is -4.82. The first-order chi connectivity index (χ1) is 17.9. The van der Waals surface area contributed by atoms with Crippen molar-refractivity contribution in [1.29, 1.82) is 0 Å². The van der Waals surface area contributed by atoms with Crippen molar-refractivity contribution in [2.24, 2.45) is 5.92 Å². The first kappa shape index (κ1) is 33.6. The Morgan fingerprint density at radius 3 is 2.13 bits per heavy atom. The Hall–Kier alpha value is -2.39. The van der Waals surface area contributed by atoms with Gasteiger partial charge in [-0.15, -0.1) is 0 Å². The number of alkyl halides is 3. The first-order valence-electron chi connectivity index (χ1n) is 13.3. The third kappa shape index (κ3) is 8.56. The number of benzene rings is 1. The molecule has 0 saturated heterocycles. The molecule has 4 atom stereocenters. The van der Waals surface area contributed by atoms with Crippen LogP contribution in [0.4, 0.5) is 13.2 Å². The van der Waals surface area contributed by atoms with Crippen molar-refractivity contribution in [2.45, 2.75) is 103 Å². The lowest BCUT2D eigenvalue weighted by atomic mass is 9.82. The number of esters is 2. The molecule has 1 aromatic rings. The van der Waals surface area contributed by atoms with Crippen molar-refractivity contribution >= 4 is 11.9 Å². The fraction of sp³-hybridized carbons (Fsp3) is 0.655. The SMILES string of the molecule is CCCCC(CC)CC(O)(/C=C(/CC)[C@H](CC(=O)OC)OC(=O)[C@@](OC)(c1ccccc1)C(F)(F)F)CC. The van der Waals surface area contributed by atoms with Crippen molar-refractivity contribution in [3.05, 3.63) is 47.5 Å². The maximum atomic E-state index is 14.4. The Bertz CT molecular complexity index is 901. The maximum Gasteiger partial charge on any atom is 0.432 e. The van der Waals surface area contributed by atoms with Gasteiger partial charge in [-0.1, -0.05) is 89.8 Å². The number of aliphatic hydroxyl groups is 1. The van der Waals surface area contributed by atoms with E-state index >= 15 is 0 Å². The van der Waals surface area contributed by atoms with Gasteiger partial charge in [0.2, 0.25) is 0 Å². The smallest absolute Gasteiger partial charge is 0.432 e. The summed E-state index contributed by atoms with van der Waals surface area (Å²) in [6, 6.07) is 6.48. The molecule has 216 valence electrons. The van der Waals surface area contributed by atoms with E-state index in [1.165, 1.54) is 18.2 Å². The number of carbonyl (C=O) groups is 2. The summed E-state index contributed by atoms with van der Waals surface area (Å²) in [5.74, 6) is -2.24. The van der Waals surface area contributed by atoms with E-state index in [1.54, 1.807) is 13.0 Å². The molecule has 1 rings (SSSR count). The molecule has 1 aromatic carbocycles. The second kappa shape index (κ2) is 15.3. The van der Waals surface area contributed by atoms with E-state index in [9.17, 15) is 27.9 Å². The van der Waals surface area contributed by atoms with Gasteiger partial charge in [-0.25, -0.2) is 4.79 Å². The number of rotatable bonds is 16. The minimum atomic E-state index is -5.16. The first-order valence-corrected chi connectivity index (χ1v) is 13.3. The van der Waals surface area contributed by atoms with Gasteiger partial charge in [0, 0.05) is 12.7 Å². The average molecular weight is 545 g/mol. The van der Waals surface area contributed by atoms with Crippen LogP contribution in [0.2, 0.25) is 0 Å². The number of methoxy groups -OCH3 is 2. The van der Waals surface area contributed by atoms with Gasteiger partial charge >= 0.3 is 18.1 Å². The molecule has 9 heteroatoms. The highest BCUT2D eigenvalue weighted by Crippen LogP contribution is 2.43. The zero-order valence-corrected chi connectivity index (χ0v) is 23.4. The van der Waals surface area contributed by atoms with Crippen LogP contribution in [0.15, 0.2) is 42.0 Å². The molecule has 0 amide bonds. The second-order valence-corrected chi connectivity index (χ2v) is 9.57. The van der Waals surface area contributed by atoms with Crippen LogP contribution in [-0.4, -0.2) is 49.1 Å². The van der Waals surface area contributed by atoms with Gasteiger partial charge in [0.05, 0.1) is 19.1 Å². The Morgan fingerprint density at radius 2 is 1.68 bits per heavy atom. The van der Waals surface area contributed by atoms with Crippen molar-refractivity contribution in [3.63, 3.8) is 0 Å². The second-order valence-electron chi connectivity index (χ2n) is 9.57. The standard InChI is InChI=1S/C29H43F3O6/c1-7-11-15-21(8-2)19-27(35,10-4)20-22(9-3)24(18-25(33)36-5)38-26(34)28(37-6,29(30,31)32)23-16-13-12-14-17-23/h12-14,16-17,20-21,24,35H,7-11,15,18-19H2,1-6H3/b22-20-/t21?,24-,27?,28-/m0/s1. The van der Waals surface area contributed by atoms with Gasteiger partial charge in [0.15, 0.2) is 0 Å². The van der Waals surface area contributed by atoms with Crippen molar-refractivity contribution in [2.75, 3.05) is 14.2 Å². The quantitative estimate of drug-likeness (QED) is 0.185. The molecule has 1 N–H and O–H groups in total. The molecule has 38 heavy (non-hydrogen) atoms. The molecule has 2 unspecified atom stereocenters. The third-order valence-electron chi connectivity index (χ3n) is 7.08. The van der Waals surface area contributed by atoms with E-state index in [-0.39, 0.29) is 12.3 Å². The number of hydrogen-bond donors (Lipinski definition) is 1. The fourth-order valence-corrected chi connectivity index (χ4v) is 4.60. The summed E-state index contributed by atoms with van der Waals surface area (Å²) in [7, 11) is 1.92. The van der Waals surface area contributed by atoms with E-state index in [4.69, 9.17) is 14.2 Å². The van der Waals surface area contributed by atoms with Crippen LogP contribution in [0, 0.1) is 5.92 Å². The highest BCUT2D eigenvalue weighted by Gasteiger charge is 2.64. The molecule has 6 nitrogen and oxygen atoms in total. The van der Waals surface area contributed by atoms with Crippen LogP contribution in [-0.2, 0) is 29.4 Å². The maximum absolute atomic E-state index is 14.4. The average Bonchev–Trinajstić information content (AvgIpc) is 2.89. The minimum Gasteiger partial charge on any atom is -0.469 e. The molecule has 0 spiro atoms. The van der Waals surface area contributed by atoms with Gasteiger partial charge in [0.1, 0.15) is 6.10 Å². The minimum absolute atomic E-state index is 0.223. The molecule has 0 saturated carbocycles. The van der Waals surface area contributed by atoms with E-state index in [1.807, 2.05) is 13.8 Å². The van der Waals surface area contributed by atoms with Gasteiger partial charge in [-0.2, -0.15) is 13.2 Å². The van der Waals surface area contributed by atoms with Gasteiger partial charge in [0.25, 0.3) is 5.60 Å². The summed E-state index contributed by atoms with van der Waals surface area (Å²) < 4.78 is 58.2. The summed E-state index contributed by atoms with van der Waals surface area (Å²) in [6.45, 7) is 7.68. The lowest BCUT2D eigenvalue weighted by molar-refractivity contribution is -0.277. The van der Waals surface area contributed by atoms with Gasteiger partial charge in [-0.05, 0) is 30.8 Å². The molecule has 0 aliphatic rings. The van der Waals surface area contributed by atoms with E-state index in [2.05, 4.69) is 6.92 Å². The lowest BCUT2D eigenvalue weighted by Crippen LogP contribution is -2.52. The molecule has 0 aliphatic carbocycles. The topological polar surface area (TPSA) is 82.1 Å². The normalized spacial score (nSPS) is 17.2. The number of halogens is 3. The van der Waals surface area contributed by atoms with Gasteiger partial charge in [-0.3, -0.25) is 4.79 Å². The zero-order valence-electron chi connectivity index (χ0n) is 23.4. The van der Waals surface area contributed by atoms with E-state index in [0.717, 1.165) is 52.0 Å². The Labute approximate surface area is 224 Å². The summed E-state index contributed by atoms with van der Waals surface area (Å²) in [5, 5.41) is 11.5. The van der Waals surface area contributed by atoms with E-state index in [0.29, 0.717) is 18.4 Å². The van der Waals surface area contributed by atoms with Crippen LogP contribution in [0.5, 0.6) is 0 Å². The number of hydrogen-bond acceptors (Lipinski definition) is 6. The summed E-state index contributed by atoms with van der Waals surface area (Å²) in [6.07, 6.45) is -0.685. The molecule has 0 aliphatic heterocycles. The van der Waals surface area contributed by atoms with Crippen molar-refractivity contribution in [3.8, 4) is 0 Å². The number of ether oxygens (including phenoxy) is 3. The molecule has 0 bridgehead atoms. The molecular weight excluding hydrogens is 501 g/mol. The van der Waals surface area contributed by atoms with Crippen LogP contribution in [0.1, 0.15) is 84.6 Å². The van der Waals surface area contributed by atoms with Crippen LogP contribution >= 0.6 is 0 Å². The van der Waals surface area contributed by atoms with Gasteiger partial charge < -0.3 is 19.3 Å². The van der Waals surface area contributed by atoms with Crippen molar-refractivity contribution in [1.82, 2.24) is 0 Å². The highest BCUT2D eigenvalue weighted by molar-refractivity contribution is 5.83. The van der Waals surface area contributed by atoms with E-state index < -0.39 is 47.4 Å². The number of carbonyl (C=O) groups excluding carboxylic acids is 2. The number of unbranched alkanes of at least 4 members (excludes halogenated alkanes) is 1. The monoisotopic (exact) mass is 544 g/mol. The van der Waals surface area contributed by atoms with Crippen LogP contribution in [0.3, 0.4) is 0 Å². The summed E-state index contributed by atoms with van der Waals surface area (Å²) >= 11 is 0. The van der Waals surface area contributed by atoms with Crippen LogP contribution in [0.25, 0.3) is 0 Å². The Kier molecular flexibility index (Phi) is 13.5. The van der Waals surface area contributed by atoms with Crippen molar-refractivity contribution < 1.29 is 42.1 Å². The highest BCUT2D eigenvalue weighted by atomic mass is 19.4. The molecular formula is C29H43F3O6. The lowest BCUT2D eigenvalue weighted by Gasteiger charge is -2.35. The molecule has 0 radical (unpaired) electrons. The predicted molar refractivity (Wildman–Crippen MR) is 139 cm³/mol.